The Balaban J connectivity index is 3.91. The van der Waals surface area contributed by atoms with Crippen molar-refractivity contribution < 1.29 is 18.1 Å². The van der Waals surface area contributed by atoms with Crippen LogP contribution in [-0.2, 0) is 10.1 Å². The first-order valence-corrected chi connectivity index (χ1v) is 11.1. The average Bonchev–Trinajstić information content (AvgIpc) is 2.48. The van der Waals surface area contributed by atoms with E-state index in [4.69, 9.17) is 0 Å². The van der Waals surface area contributed by atoms with Gasteiger partial charge in [-0.1, -0.05) is 78.1 Å². The van der Waals surface area contributed by atoms with Crippen LogP contribution < -0.4 is 0 Å². The first-order chi connectivity index (χ1) is 10.9. The summed E-state index contributed by atoms with van der Waals surface area (Å²) < 4.78 is 32.2. The summed E-state index contributed by atoms with van der Waals surface area (Å²) in [6, 6.07) is 0. The van der Waals surface area contributed by atoms with E-state index in [0.29, 0.717) is 19.3 Å². The minimum absolute atomic E-state index is 0.363. The van der Waals surface area contributed by atoms with Crippen molar-refractivity contribution in [3.8, 4) is 0 Å². The lowest BCUT2D eigenvalue weighted by molar-refractivity contribution is 0.147. The molecule has 0 saturated heterocycles. The van der Waals surface area contributed by atoms with Gasteiger partial charge in [-0.3, -0.25) is 4.55 Å². The molecule has 0 rings (SSSR count). The summed E-state index contributed by atoms with van der Waals surface area (Å²) in [5, 5.41) is 9.29. The molecule has 0 aromatic rings. The van der Waals surface area contributed by atoms with Gasteiger partial charge >= 0.3 is 0 Å². The van der Waals surface area contributed by atoms with E-state index in [9.17, 15) is 18.1 Å². The van der Waals surface area contributed by atoms with Crippen LogP contribution in [0.5, 0.6) is 0 Å². The van der Waals surface area contributed by atoms with Gasteiger partial charge in [0, 0.05) is 0 Å². The Labute approximate surface area is 143 Å². The van der Waals surface area contributed by atoms with Crippen molar-refractivity contribution in [2.24, 2.45) is 0 Å². The molecule has 23 heavy (non-hydrogen) atoms. The minimum atomic E-state index is -3.99. The Morgan fingerprint density at radius 3 is 1.74 bits per heavy atom. The minimum Gasteiger partial charge on any atom is -0.393 e. The van der Waals surface area contributed by atoms with Crippen LogP contribution in [0.1, 0.15) is 104 Å². The fraction of sp³-hybridized carbons (Fsp3) is 1.00. The Morgan fingerprint density at radius 1 is 0.696 bits per heavy atom. The summed E-state index contributed by atoms with van der Waals surface area (Å²) in [6.07, 6.45) is 12.8. The molecule has 0 saturated carbocycles. The maximum absolute atomic E-state index is 11.4. The number of hydrogen-bond donors (Lipinski definition) is 2. The molecule has 0 aliphatic carbocycles. The highest BCUT2D eigenvalue weighted by Crippen LogP contribution is 2.19. The Kier molecular flexibility index (Phi) is 14.2. The monoisotopic (exact) mass is 350 g/mol. The van der Waals surface area contributed by atoms with Gasteiger partial charge in [-0.05, 0) is 25.7 Å². The van der Waals surface area contributed by atoms with Crippen LogP contribution in [0.15, 0.2) is 0 Å². The zero-order valence-corrected chi connectivity index (χ0v) is 16.0. The number of unbranched alkanes of at least 4 members (excludes halogenated alkanes) is 8. The van der Waals surface area contributed by atoms with E-state index in [-0.39, 0.29) is 0 Å². The highest BCUT2D eigenvalue weighted by atomic mass is 32.2. The molecule has 2 unspecified atom stereocenters. The molecule has 0 aromatic heterocycles. The van der Waals surface area contributed by atoms with Crippen molar-refractivity contribution in [3.63, 3.8) is 0 Å². The Bertz CT molecular complexity index is 354. The zero-order chi connectivity index (χ0) is 17.6. The molecule has 0 bridgehead atoms. The van der Waals surface area contributed by atoms with Crippen LogP contribution >= 0.6 is 0 Å². The molecule has 0 aliphatic heterocycles. The predicted octanol–water partition coefficient (Wildman–Crippen LogP) is 5.10. The predicted molar refractivity (Wildman–Crippen MR) is 97.3 cm³/mol. The Morgan fingerprint density at radius 2 is 1.17 bits per heavy atom. The topological polar surface area (TPSA) is 74.6 Å². The second-order valence-electron chi connectivity index (χ2n) is 6.77. The fourth-order valence-electron chi connectivity index (χ4n) is 2.92. The molecule has 140 valence electrons. The zero-order valence-electron chi connectivity index (χ0n) is 15.2. The molecule has 0 spiro atoms. The largest absolute Gasteiger partial charge is 0.393 e. The van der Waals surface area contributed by atoms with Gasteiger partial charge in [-0.15, -0.1) is 0 Å². The molecule has 4 nitrogen and oxygen atoms in total. The molecule has 5 heteroatoms. The van der Waals surface area contributed by atoms with Gasteiger partial charge in [0.05, 0.1) is 11.4 Å². The first kappa shape index (κ1) is 22.9. The molecule has 0 heterocycles. The van der Waals surface area contributed by atoms with Gasteiger partial charge in [0.2, 0.25) is 0 Å². The normalized spacial score (nSPS) is 14.8. The van der Waals surface area contributed by atoms with Gasteiger partial charge in [-0.2, -0.15) is 8.42 Å². The van der Waals surface area contributed by atoms with Crippen molar-refractivity contribution in [3.05, 3.63) is 0 Å². The number of hydrogen-bond acceptors (Lipinski definition) is 3. The molecule has 0 fully saturated rings. The van der Waals surface area contributed by atoms with Gasteiger partial charge in [0.15, 0.2) is 0 Å². The average molecular weight is 351 g/mol. The van der Waals surface area contributed by atoms with Crippen LogP contribution in [0, 0.1) is 0 Å². The second kappa shape index (κ2) is 14.2. The molecule has 0 aliphatic rings. The third-order valence-corrected chi connectivity index (χ3v) is 5.83. The molecule has 0 radical (unpaired) electrons. The Hall–Kier alpha value is -0.130. The van der Waals surface area contributed by atoms with Crippen LogP contribution in [-0.4, -0.2) is 29.4 Å². The van der Waals surface area contributed by atoms with E-state index in [0.717, 1.165) is 44.9 Å². The van der Waals surface area contributed by atoms with E-state index < -0.39 is 21.5 Å². The lowest BCUT2D eigenvalue weighted by Crippen LogP contribution is -2.22. The van der Waals surface area contributed by atoms with Crippen LogP contribution in [0.25, 0.3) is 0 Å². The lowest BCUT2D eigenvalue weighted by Gasteiger charge is -2.16. The van der Waals surface area contributed by atoms with E-state index in [1.54, 1.807) is 0 Å². The summed E-state index contributed by atoms with van der Waals surface area (Å²) in [7, 11) is -3.99. The summed E-state index contributed by atoms with van der Waals surface area (Å²) in [6.45, 7) is 4.30. The summed E-state index contributed by atoms with van der Waals surface area (Å²) in [5.74, 6) is 0. The van der Waals surface area contributed by atoms with Crippen molar-refractivity contribution in [1.82, 2.24) is 0 Å². The van der Waals surface area contributed by atoms with Crippen molar-refractivity contribution >= 4 is 10.1 Å². The molecule has 0 aromatic carbocycles. The summed E-state index contributed by atoms with van der Waals surface area (Å²) >= 11 is 0. The van der Waals surface area contributed by atoms with Gasteiger partial charge in [0.25, 0.3) is 10.1 Å². The van der Waals surface area contributed by atoms with Gasteiger partial charge in [0.1, 0.15) is 0 Å². The lowest BCUT2D eigenvalue weighted by atomic mass is 10.0. The van der Waals surface area contributed by atoms with Crippen LogP contribution in [0.3, 0.4) is 0 Å². The maximum atomic E-state index is 11.4. The van der Waals surface area contributed by atoms with E-state index >= 15 is 0 Å². The number of aliphatic hydroxyl groups excluding tert-OH is 1. The summed E-state index contributed by atoms with van der Waals surface area (Å²) in [5.41, 5.74) is 0. The van der Waals surface area contributed by atoms with Crippen molar-refractivity contribution in [1.29, 1.82) is 0 Å². The number of rotatable bonds is 16. The van der Waals surface area contributed by atoms with E-state index in [1.165, 1.54) is 25.7 Å². The molecular weight excluding hydrogens is 312 g/mol. The summed E-state index contributed by atoms with van der Waals surface area (Å²) in [4.78, 5) is 0. The third-order valence-electron chi connectivity index (χ3n) is 4.51. The van der Waals surface area contributed by atoms with Crippen LogP contribution in [0.2, 0.25) is 0 Å². The van der Waals surface area contributed by atoms with Crippen molar-refractivity contribution in [2.45, 2.75) is 115 Å². The van der Waals surface area contributed by atoms with E-state index in [1.807, 2.05) is 0 Å². The fourth-order valence-corrected chi connectivity index (χ4v) is 3.82. The molecule has 0 amide bonds. The van der Waals surface area contributed by atoms with Gasteiger partial charge in [-0.25, -0.2) is 0 Å². The van der Waals surface area contributed by atoms with Crippen LogP contribution in [0.4, 0.5) is 0 Å². The quantitative estimate of drug-likeness (QED) is 0.300. The molecular formula is C18H38O4S. The smallest absolute Gasteiger partial charge is 0.267 e. The molecule has 2 atom stereocenters. The highest BCUT2D eigenvalue weighted by molar-refractivity contribution is 7.86. The third kappa shape index (κ3) is 14.0. The van der Waals surface area contributed by atoms with Crippen molar-refractivity contribution in [2.75, 3.05) is 0 Å². The number of aliphatic hydroxyl groups is 1. The van der Waals surface area contributed by atoms with Gasteiger partial charge < -0.3 is 5.11 Å². The molecule has 2 N–H and O–H groups in total. The highest BCUT2D eigenvalue weighted by Gasteiger charge is 2.23. The maximum Gasteiger partial charge on any atom is 0.267 e. The first-order valence-electron chi connectivity index (χ1n) is 9.56. The standard InChI is InChI=1S/C18H38O4S/c1-3-5-7-9-10-11-13-17(19)15-16-18(23(20,21)22)14-12-8-6-4-2/h17-19H,3-16H2,1-2H3,(H,20,21,22). The SMILES string of the molecule is CCCCCCCCC(O)CCC(CCCCCC)S(=O)(=O)O. The van der Waals surface area contributed by atoms with E-state index in [2.05, 4.69) is 13.8 Å². The second-order valence-corrected chi connectivity index (χ2v) is 8.47.